The molecule has 1 atom stereocenters. The van der Waals surface area contributed by atoms with Gasteiger partial charge in [-0.25, -0.2) is 23.4 Å². The summed E-state index contributed by atoms with van der Waals surface area (Å²) < 4.78 is 38.0. The average Bonchev–Trinajstić information content (AvgIpc) is 2.98. The third-order valence-corrected chi connectivity index (χ3v) is 4.47. The van der Waals surface area contributed by atoms with Crippen LogP contribution in [0.15, 0.2) is 12.0 Å². The molecule has 1 aliphatic heterocycles. The molecule has 8 nitrogen and oxygen atoms in total. The zero-order valence-electron chi connectivity index (χ0n) is 15.5. The number of amides is 1. The Balaban J connectivity index is 2.20. The largest absolute Gasteiger partial charge is 0.444 e. The lowest BCUT2D eigenvalue weighted by molar-refractivity contribution is -0.0589. The number of thiazole rings is 1. The minimum atomic E-state index is -3.02. The fraction of sp³-hybridized carbons (Fsp3) is 0.625. The molecule has 1 saturated heterocycles. The molecule has 150 valence electrons. The maximum atomic E-state index is 13.8. The van der Waals surface area contributed by atoms with Crippen molar-refractivity contribution in [2.45, 2.75) is 38.3 Å². The van der Waals surface area contributed by atoms with Gasteiger partial charge in [0.1, 0.15) is 5.60 Å². The molecular weight excluding hydrogens is 382 g/mol. The van der Waals surface area contributed by atoms with E-state index in [1.807, 2.05) is 0 Å². The number of hydrogen-bond acceptors (Lipinski definition) is 8. The molecule has 2 N–H and O–H groups in total. The van der Waals surface area contributed by atoms with Crippen molar-refractivity contribution >= 4 is 28.5 Å². The molecule has 1 unspecified atom stereocenters. The van der Waals surface area contributed by atoms with Gasteiger partial charge in [-0.2, -0.15) is 0 Å². The van der Waals surface area contributed by atoms with Crippen LogP contribution in [0.3, 0.4) is 0 Å². The minimum Gasteiger partial charge on any atom is -0.444 e. The number of alkyl halides is 2. The zero-order chi connectivity index (χ0) is 20.2. The SMILES string of the molecule is COCC(c1cnc(NC(=O)OC(C)(C)C)s1)N1CC(F)(F)CNC1=C=O. The number of rotatable bonds is 5. The lowest BCUT2D eigenvalue weighted by Crippen LogP contribution is -2.53. The Labute approximate surface area is 159 Å². The van der Waals surface area contributed by atoms with E-state index in [0.29, 0.717) is 4.88 Å². The molecule has 0 bridgehead atoms. The fourth-order valence-corrected chi connectivity index (χ4v) is 3.33. The van der Waals surface area contributed by atoms with Crippen molar-refractivity contribution in [1.82, 2.24) is 15.2 Å². The van der Waals surface area contributed by atoms with Crippen LogP contribution in [-0.4, -0.2) is 60.2 Å². The Kier molecular flexibility index (Phi) is 6.40. The van der Waals surface area contributed by atoms with Gasteiger partial charge in [-0.1, -0.05) is 11.3 Å². The number of ether oxygens (including phenoxy) is 2. The molecule has 0 aliphatic carbocycles. The van der Waals surface area contributed by atoms with Crippen LogP contribution >= 0.6 is 11.3 Å². The standard InChI is InChI=1S/C16H22F2N4O4S/c1-15(2,3)26-14(24)21-13-19-5-11(27-13)10(7-25-4)22-9-16(17,18)8-20-12(22)6-23/h5,10,20H,7-9H2,1-4H3,(H,19,21,24). The van der Waals surface area contributed by atoms with Gasteiger partial charge in [-0.15, -0.1) is 0 Å². The van der Waals surface area contributed by atoms with Crippen LogP contribution in [0.2, 0.25) is 0 Å². The third kappa shape index (κ3) is 5.88. The van der Waals surface area contributed by atoms with Crippen molar-refractivity contribution in [2.24, 2.45) is 0 Å². The van der Waals surface area contributed by atoms with E-state index in [1.165, 1.54) is 18.2 Å². The predicted octanol–water partition coefficient (Wildman–Crippen LogP) is 2.39. The van der Waals surface area contributed by atoms with Crippen LogP contribution in [0, 0.1) is 0 Å². The van der Waals surface area contributed by atoms with Crippen LogP contribution in [0.1, 0.15) is 31.7 Å². The lowest BCUT2D eigenvalue weighted by Gasteiger charge is -2.39. The van der Waals surface area contributed by atoms with Gasteiger partial charge < -0.3 is 19.7 Å². The number of carbonyl (C=O) groups excluding carboxylic acids is 2. The number of aromatic nitrogens is 1. The van der Waals surface area contributed by atoms with Crippen LogP contribution in [-0.2, 0) is 14.3 Å². The molecule has 1 aliphatic rings. The van der Waals surface area contributed by atoms with Gasteiger partial charge >= 0.3 is 6.09 Å². The normalized spacial score (nSPS) is 17.7. The van der Waals surface area contributed by atoms with E-state index in [0.717, 1.165) is 11.3 Å². The first-order valence-electron chi connectivity index (χ1n) is 8.13. The second-order valence-corrected chi connectivity index (χ2v) is 8.02. The van der Waals surface area contributed by atoms with E-state index in [9.17, 15) is 18.4 Å². The summed E-state index contributed by atoms with van der Waals surface area (Å²) in [6.07, 6.45) is 0.766. The van der Waals surface area contributed by atoms with Crippen molar-refractivity contribution in [3.63, 3.8) is 0 Å². The number of hydrogen-bond donors (Lipinski definition) is 2. The first-order valence-corrected chi connectivity index (χ1v) is 8.94. The highest BCUT2D eigenvalue weighted by Gasteiger charge is 2.41. The van der Waals surface area contributed by atoms with Gasteiger partial charge in [0.15, 0.2) is 16.9 Å². The summed E-state index contributed by atoms with van der Waals surface area (Å²) in [5.74, 6) is -1.44. The fourth-order valence-electron chi connectivity index (χ4n) is 2.43. The van der Waals surface area contributed by atoms with E-state index < -0.39 is 36.7 Å². The molecule has 0 aromatic carbocycles. The molecule has 2 rings (SSSR count). The second kappa shape index (κ2) is 8.20. The van der Waals surface area contributed by atoms with Gasteiger partial charge in [0, 0.05) is 13.3 Å². The van der Waals surface area contributed by atoms with Crippen molar-refractivity contribution in [3.8, 4) is 0 Å². The Bertz CT molecular complexity index is 728. The van der Waals surface area contributed by atoms with Gasteiger partial charge in [0.25, 0.3) is 5.92 Å². The molecule has 1 amide bonds. The van der Waals surface area contributed by atoms with E-state index in [-0.39, 0.29) is 17.6 Å². The van der Waals surface area contributed by atoms with Gasteiger partial charge in [0.2, 0.25) is 0 Å². The number of nitrogens with one attached hydrogen (secondary N) is 2. The molecule has 1 fully saturated rings. The van der Waals surface area contributed by atoms with Crippen molar-refractivity contribution < 1.29 is 27.8 Å². The molecule has 1 aromatic rings. The molecule has 0 spiro atoms. The topological polar surface area (TPSA) is 92.8 Å². The number of anilines is 1. The highest BCUT2D eigenvalue weighted by Crippen LogP contribution is 2.34. The molecule has 0 saturated carbocycles. The molecular formula is C16H22F2N4O4S. The average molecular weight is 404 g/mol. The molecule has 27 heavy (non-hydrogen) atoms. The first-order chi connectivity index (χ1) is 12.5. The quantitative estimate of drug-likeness (QED) is 0.728. The summed E-state index contributed by atoms with van der Waals surface area (Å²) in [5, 5.41) is 5.13. The number of carbonyl (C=O) groups is 1. The lowest BCUT2D eigenvalue weighted by atomic mass is 10.1. The van der Waals surface area contributed by atoms with Crippen molar-refractivity contribution in [2.75, 3.05) is 32.1 Å². The monoisotopic (exact) mass is 404 g/mol. The predicted molar refractivity (Wildman–Crippen MR) is 95.4 cm³/mol. The Morgan fingerprint density at radius 3 is 2.85 bits per heavy atom. The molecule has 1 aromatic heterocycles. The summed E-state index contributed by atoms with van der Waals surface area (Å²) >= 11 is 1.08. The summed E-state index contributed by atoms with van der Waals surface area (Å²) in [7, 11) is 1.42. The Hall–Kier alpha value is -2.23. The van der Waals surface area contributed by atoms with Crippen LogP contribution in [0.5, 0.6) is 0 Å². The molecule has 2 heterocycles. The van der Waals surface area contributed by atoms with Crippen LogP contribution in [0.25, 0.3) is 0 Å². The van der Waals surface area contributed by atoms with Gasteiger partial charge in [-0.05, 0) is 20.8 Å². The van der Waals surface area contributed by atoms with Gasteiger partial charge in [0.05, 0.1) is 30.6 Å². The number of methoxy groups -OCH3 is 1. The van der Waals surface area contributed by atoms with Crippen molar-refractivity contribution in [3.05, 3.63) is 16.9 Å². The highest BCUT2D eigenvalue weighted by atomic mass is 32.1. The number of nitrogens with zero attached hydrogens (tertiary/aromatic N) is 2. The van der Waals surface area contributed by atoms with E-state index in [4.69, 9.17) is 9.47 Å². The maximum Gasteiger partial charge on any atom is 0.413 e. The first kappa shape index (κ1) is 21.1. The smallest absolute Gasteiger partial charge is 0.413 e. The Morgan fingerprint density at radius 1 is 1.56 bits per heavy atom. The second-order valence-electron chi connectivity index (χ2n) is 6.95. The van der Waals surface area contributed by atoms with E-state index in [1.54, 1.807) is 26.7 Å². The minimum absolute atomic E-state index is 0.0387. The summed E-state index contributed by atoms with van der Waals surface area (Å²) in [6, 6.07) is -0.697. The highest BCUT2D eigenvalue weighted by molar-refractivity contribution is 7.15. The third-order valence-electron chi connectivity index (χ3n) is 3.46. The van der Waals surface area contributed by atoms with Crippen LogP contribution in [0.4, 0.5) is 18.7 Å². The van der Waals surface area contributed by atoms with Crippen molar-refractivity contribution in [1.29, 1.82) is 0 Å². The molecule has 0 radical (unpaired) electrons. The maximum absolute atomic E-state index is 13.8. The zero-order valence-corrected chi connectivity index (χ0v) is 16.3. The van der Waals surface area contributed by atoms with Crippen LogP contribution < -0.4 is 10.6 Å². The van der Waals surface area contributed by atoms with E-state index >= 15 is 0 Å². The molecule has 11 heteroatoms. The van der Waals surface area contributed by atoms with Gasteiger partial charge in [-0.3, -0.25) is 5.32 Å². The number of halogens is 2. The summed E-state index contributed by atoms with van der Waals surface area (Å²) in [4.78, 5) is 28.8. The summed E-state index contributed by atoms with van der Waals surface area (Å²) in [5.41, 5.74) is -0.669. The van der Waals surface area contributed by atoms with E-state index in [2.05, 4.69) is 15.6 Å². The summed E-state index contributed by atoms with van der Waals surface area (Å²) in [6.45, 7) is 3.92. The Morgan fingerprint density at radius 2 is 2.26 bits per heavy atom.